The summed E-state index contributed by atoms with van der Waals surface area (Å²) >= 11 is 7.15. The third kappa shape index (κ3) is 10.2. The average molecular weight is 819 g/mol. The summed E-state index contributed by atoms with van der Waals surface area (Å²) in [6, 6.07) is 18.3. The molecule has 2 fully saturated rings. The number of pyridine rings is 1. The molecule has 0 atom stereocenters. The van der Waals surface area contributed by atoms with E-state index in [4.69, 9.17) is 21.1 Å². The summed E-state index contributed by atoms with van der Waals surface area (Å²) in [5, 5.41) is 9.09. The fourth-order valence-electron chi connectivity index (χ4n) is 5.88. The highest BCUT2D eigenvalue weighted by Crippen LogP contribution is 2.30. The molecule has 2 aromatic carbocycles. The second kappa shape index (κ2) is 17.5. The molecule has 0 aliphatic carbocycles. The van der Waals surface area contributed by atoms with Gasteiger partial charge in [0, 0.05) is 47.8 Å². The van der Waals surface area contributed by atoms with Crippen LogP contribution in [0.1, 0.15) is 53.4 Å². The van der Waals surface area contributed by atoms with Gasteiger partial charge >= 0.3 is 0 Å². The van der Waals surface area contributed by atoms with Gasteiger partial charge in [0.15, 0.2) is 24.8 Å². The molecule has 292 valence electrons. The second-order valence-electron chi connectivity index (χ2n) is 14.5. The van der Waals surface area contributed by atoms with Crippen LogP contribution in [0.3, 0.4) is 0 Å². The first-order valence-corrected chi connectivity index (χ1v) is 22.3. The van der Waals surface area contributed by atoms with E-state index < -0.39 is 41.0 Å². The van der Waals surface area contributed by atoms with Crippen LogP contribution >= 0.6 is 22.9 Å². The number of thiazole rings is 1. The zero-order chi connectivity index (χ0) is 39.1. The van der Waals surface area contributed by atoms with Crippen LogP contribution in [0.25, 0.3) is 22.2 Å². The van der Waals surface area contributed by atoms with E-state index in [0.29, 0.717) is 73.8 Å². The number of carbonyl (C=O) groups is 2. The predicted octanol–water partition coefficient (Wildman–Crippen LogP) is 6.82. The van der Waals surface area contributed by atoms with Crippen LogP contribution < -0.4 is 10.6 Å². The van der Waals surface area contributed by atoms with E-state index in [2.05, 4.69) is 20.6 Å². The molecule has 54 heavy (non-hydrogen) atoms. The van der Waals surface area contributed by atoms with Crippen molar-refractivity contribution in [2.24, 2.45) is 11.8 Å². The van der Waals surface area contributed by atoms with Gasteiger partial charge in [0.1, 0.15) is 15.3 Å². The molecule has 0 spiro atoms. The lowest BCUT2D eigenvalue weighted by Crippen LogP contribution is -2.47. The lowest BCUT2D eigenvalue weighted by Gasteiger charge is -2.28. The molecule has 2 aliphatic rings. The van der Waals surface area contributed by atoms with Gasteiger partial charge in [-0.1, -0.05) is 41.9 Å². The first kappa shape index (κ1) is 41.7. The highest BCUT2D eigenvalue weighted by atomic mass is 35.5. The minimum atomic E-state index is -3.63. The number of anilines is 2. The smallest absolute Gasteiger partial charge is 0.247 e. The second-order valence-corrected chi connectivity index (χ2v) is 21.0. The maximum absolute atomic E-state index is 12.9. The molecule has 0 unspecified atom stereocenters. The normalized spacial score (nSPS) is 16.3. The van der Waals surface area contributed by atoms with E-state index in [1.807, 2.05) is 47.8 Å². The van der Waals surface area contributed by atoms with Gasteiger partial charge < -0.3 is 20.1 Å². The van der Waals surface area contributed by atoms with Gasteiger partial charge in [0.05, 0.1) is 22.7 Å². The van der Waals surface area contributed by atoms with E-state index in [-0.39, 0.29) is 23.3 Å². The number of carbonyl (C=O) groups excluding carboxylic acids is 2. The fourth-order valence-corrected chi connectivity index (χ4v) is 10.1. The number of benzene rings is 2. The molecule has 4 aromatic rings. The van der Waals surface area contributed by atoms with Gasteiger partial charge in [-0.3, -0.25) is 9.59 Å². The van der Waals surface area contributed by atoms with Crippen LogP contribution in [-0.4, -0.2) is 86.0 Å². The Morgan fingerprint density at radius 1 is 0.741 bits per heavy atom. The van der Waals surface area contributed by atoms with Crippen LogP contribution in [0.5, 0.6) is 0 Å². The quantitative estimate of drug-likeness (QED) is 0.164. The van der Waals surface area contributed by atoms with Gasteiger partial charge in [-0.25, -0.2) is 26.8 Å². The number of hydrogen-bond donors (Lipinski definition) is 2. The Kier molecular flexibility index (Phi) is 13.5. The molecule has 0 bridgehead atoms. The SMILES string of the molecule is CC(C)(C(=O)Nc1ccc2ccccc2n1)S(=O)(=O)CC1CCOCC1.CC(C)(C(=O)Nc1nc(-c2ccc(Cl)cc2)cs1)S(=O)(=O)CC1CCOCC1. The molecular weight excluding hydrogens is 772 g/mol. The number of nitrogens with zero attached hydrogens (tertiary/aromatic N) is 2. The van der Waals surface area contributed by atoms with Crippen molar-refractivity contribution in [3.05, 3.63) is 71.1 Å². The van der Waals surface area contributed by atoms with E-state index in [9.17, 15) is 26.4 Å². The Morgan fingerprint density at radius 2 is 1.26 bits per heavy atom. The van der Waals surface area contributed by atoms with Crippen LogP contribution in [0.2, 0.25) is 5.02 Å². The van der Waals surface area contributed by atoms with Gasteiger partial charge in [0.25, 0.3) is 0 Å². The number of hydrogen-bond acceptors (Lipinski definition) is 11. The first-order chi connectivity index (χ1) is 25.5. The van der Waals surface area contributed by atoms with Crippen molar-refractivity contribution in [3.63, 3.8) is 0 Å². The number of sulfone groups is 2. The lowest BCUT2D eigenvalue weighted by atomic mass is 10.0. The van der Waals surface area contributed by atoms with Crippen molar-refractivity contribution < 1.29 is 35.9 Å². The van der Waals surface area contributed by atoms with E-state index in [0.717, 1.165) is 16.5 Å². The number of aromatic nitrogens is 2. The number of ether oxygens (including phenoxy) is 2. The van der Waals surface area contributed by atoms with E-state index in [1.54, 1.807) is 18.2 Å². The molecule has 6 rings (SSSR count). The van der Waals surface area contributed by atoms with Crippen LogP contribution in [0, 0.1) is 11.8 Å². The highest BCUT2D eigenvalue weighted by Gasteiger charge is 2.44. The van der Waals surface area contributed by atoms with Gasteiger partial charge in [-0.15, -0.1) is 11.3 Å². The van der Waals surface area contributed by atoms with Gasteiger partial charge in [-0.05, 0) is 95.5 Å². The lowest BCUT2D eigenvalue weighted by molar-refractivity contribution is -0.118. The van der Waals surface area contributed by atoms with Crippen molar-refractivity contribution in [3.8, 4) is 11.3 Å². The number of para-hydroxylation sites is 1. The summed E-state index contributed by atoms with van der Waals surface area (Å²) in [7, 11) is -7.25. The predicted molar refractivity (Wildman–Crippen MR) is 214 cm³/mol. The Hall–Kier alpha value is -3.47. The van der Waals surface area contributed by atoms with Gasteiger partial charge in [0.2, 0.25) is 11.8 Å². The number of fused-ring (bicyclic) bond motifs is 1. The molecule has 12 nitrogen and oxygen atoms in total. The Morgan fingerprint density at radius 3 is 1.81 bits per heavy atom. The van der Waals surface area contributed by atoms with Crippen LogP contribution in [0.4, 0.5) is 10.9 Å². The third-order valence-corrected chi connectivity index (χ3v) is 16.3. The maximum atomic E-state index is 12.9. The molecule has 16 heteroatoms. The minimum absolute atomic E-state index is 0.00191. The standard InChI is InChI=1S/C19H23ClN2O4S2.C19H24N2O4S/c1-19(2,28(24,25)12-13-7-9-26-10-8-13)17(23)22-18-21-16(11-27-18)14-3-5-15(20)6-4-14;1-19(2,26(23,24)13-14-9-11-25-12-10-14)18(22)21-17-8-7-15-5-3-4-6-16(15)20-17/h3-6,11,13H,7-10,12H2,1-2H3,(H,21,22,23);3-8,14H,9-13H2,1-2H3,(H,20,21,22). The largest absolute Gasteiger partial charge is 0.381 e. The highest BCUT2D eigenvalue weighted by molar-refractivity contribution is 7.93. The Labute approximate surface area is 326 Å². The summed E-state index contributed by atoms with van der Waals surface area (Å²) in [5.74, 6) is -0.721. The topological polar surface area (TPSA) is 171 Å². The third-order valence-electron chi connectivity index (χ3n) is 9.95. The van der Waals surface area contributed by atoms with E-state index >= 15 is 0 Å². The molecular formula is C38H47ClN4O8S3. The monoisotopic (exact) mass is 818 g/mol. The van der Waals surface area contributed by atoms with Gasteiger partial charge in [-0.2, -0.15) is 0 Å². The van der Waals surface area contributed by atoms with Crippen molar-refractivity contribution in [2.45, 2.75) is 62.9 Å². The molecule has 2 N–H and O–H groups in total. The molecule has 0 radical (unpaired) electrons. The van der Waals surface area contributed by atoms with Crippen molar-refractivity contribution in [1.29, 1.82) is 0 Å². The molecule has 0 saturated carbocycles. The summed E-state index contributed by atoms with van der Waals surface area (Å²) in [5.41, 5.74) is 2.31. The first-order valence-electron chi connectivity index (χ1n) is 17.8. The molecule has 2 aliphatic heterocycles. The summed E-state index contributed by atoms with van der Waals surface area (Å²) in [4.78, 5) is 34.2. The summed E-state index contributed by atoms with van der Waals surface area (Å²) in [6.45, 7) is 8.10. The summed E-state index contributed by atoms with van der Waals surface area (Å²) in [6.07, 6.45) is 2.83. The zero-order valence-corrected chi connectivity index (χ0v) is 34.0. The minimum Gasteiger partial charge on any atom is -0.381 e. The maximum Gasteiger partial charge on any atom is 0.247 e. The number of amides is 2. The molecule has 2 amide bonds. The molecule has 2 saturated heterocycles. The average Bonchev–Trinajstić information content (AvgIpc) is 3.61. The fraction of sp³-hybridized carbons (Fsp3) is 0.474. The van der Waals surface area contributed by atoms with Crippen molar-refractivity contribution in [2.75, 3.05) is 48.6 Å². The van der Waals surface area contributed by atoms with E-state index in [1.165, 1.54) is 39.0 Å². The van der Waals surface area contributed by atoms with Crippen molar-refractivity contribution >= 4 is 76.3 Å². The number of rotatable bonds is 11. The van der Waals surface area contributed by atoms with Crippen LogP contribution in [0.15, 0.2) is 66.0 Å². The number of nitrogens with one attached hydrogen (secondary N) is 2. The zero-order valence-electron chi connectivity index (χ0n) is 30.8. The number of halogens is 1. The Bertz CT molecular complexity index is 2140. The molecule has 4 heterocycles. The summed E-state index contributed by atoms with van der Waals surface area (Å²) < 4.78 is 58.9. The Balaban J connectivity index is 0.000000208. The van der Waals surface area contributed by atoms with Crippen molar-refractivity contribution in [1.82, 2.24) is 9.97 Å². The van der Waals surface area contributed by atoms with Crippen LogP contribution in [-0.2, 0) is 38.7 Å². The molecule has 2 aromatic heterocycles.